The summed E-state index contributed by atoms with van der Waals surface area (Å²) in [7, 11) is -4.43. The first-order chi connectivity index (χ1) is 12.5. The van der Waals surface area contributed by atoms with Gasteiger partial charge in [0.15, 0.2) is 4.90 Å². The number of alkyl halides is 3. The van der Waals surface area contributed by atoms with Gasteiger partial charge in [-0.25, -0.2) is 8.42 Å². The highest BCUT2D eigenvalue weighted by atomic mass is 35.5. The molecule has 1 unspecified atom stereocenters. The van der Waals surface area contributed by atoms with E-state index < -0.39 is 42.9 Å². The molecule has 1 atom stereocenters. The number of rotatable bonds is 6. The molecule has 0 amide bonds. The van der Waals surface area contributed by atoms with E-state index in [1.165, 1.54) is 18.2 Å². The second kappa shape index (κ2) is 8.46. The van der Waals surface area contributed by atoms with Crippen LogP contribution in [0.5, 0.6) is 0 Å². The molecule has 0 aliphatic heterocycles. The number of hydrogen-bond donors (Lipinski definition) is 2. The van der Waals surface area contributed by atoms with Gasteiger partial charge in [0.25, 0.3) is 10.0 Å². The SMILES string of the molecule is NCC[S+]([O-])c1ccc(Cl)cc1NS(=O)(=O)c1ccc(Cl)c(C(F)(F)F)c1. The third kappa shape index (κ3) is 5.43. The topological polar surface area (TPSA) is 95.2 Å². The van der Waals surface area contributed by atoms with Crippen LogP contribution in [0.25, 0.3) is 0 Å². The maximum Gasteiger partial charge on any atom is 0.417 e. The molecule has 0 radical (unpaired) electrons. The summed E-state index contributed by atoms with van der Waals surface area (Å²) in [6.07, 6.45) is -4.83. The van der Waals surface area contributed by atoms with Crippen molar-refractivity contribution in [1.82, 2.24) is 0 Å². The molecule has 5 nitrogen and oxygen atoms in total. The Bertz CT molecular complexity index is 940. The fourth-order valence-electron chi connectivity index (χ4n) is 2.09. The lowest BCUT2D eigenvalue weighted by molar-refractivity contribution is -0.137. The highest BCUT2D eigenvalue weighted by Crippen LogP contribution is 2.36. The molecule has 0 aliphatic rings. The number of nitrogens with two attached hydrogens (primary N) is 1. The van der Waals surface area contributed by atoms with Gasteiger partial charge in [-0.05, 0) is 47.6 Å². The lowest BCUT2D eigenvalue weighted by atomic mass is 10.2. The van der Waals surface area contributed by atoms with Crippen molar-refractivity contribution < 1.29 is 26.1 Å². The smallest absolute Gasteiger partial charge is 0.417 e. The maximum atomic E-state index is 13.0. The van der Waals surface area contributed by atoms with Crippen molar-refractivity contribution in [2.45, 2.75) is 16.0 Å². The van der Waals surface area contributed by atoms with Crippen molar-refractivity contribution in [3.8, 4) is 0 Å². The minimum Gasteiger partial charge on any atom is -0.611 e. The van der Waals surface area contributed by atoms with Gasteiger partial charge in [0.1, 0.15) is 11.4 Å². The summed E-state index contributed by atoms with van der Waals surface area (Å²) >= 11 is 9.74. The van der Waals surface area contributed by atoms with Crippen molar-refractivity contribution >= 4 is 50.1 Å². The van der Waals surface area contributed by atoms with E-state index >= 15 is 0 Å². The summed E-state index contributed by atoms with van der Waals surface area (Å²) in [4.78, 5) is -0.548. The monoisotopic (exact) mass is 460 g/mol. The maximum absolute atomic E-state index is 13.0. The van der Waals surface area contributed by atoms with E-state index in [9.17, 15) is 26.1 Å². The van der Waals surface area contributed by atoms with Gasteiger partial charge in [-0.1, -0.05) is 23.2 Å². The zero-order valence-corrected chi connectivity index (χ0v) is 16.5. The second-order valence-electron chi connectivity index (χ2n) is 5.22. The van der Waals surface area contributed by atoms with Gasteiger partial charge < -0.3 is 10.3 Å². The highest BCUT2D eigenvalue weighted by molar-refractivity contribution is 7.93. The van der Waals surface area contributed by atoms with Gasteiger partial charge in [0.2, 0.25) is 0 Å². The highest BCUT2D eigenvalue weighted by Gasteiger charge is 2.34. The summed E-state index contributed by atoms with van der Waals surface area (Å²) in [5.74, 6) is 0.0650. The Morgan fingerprint density at radius 3 is 2.41 bits per heavy atom. The second-order valence-corrected chi connectivity index (χ2v) is 9.29. The summed E-state index contributed by atoms with van der Waals surface area (Å²) in [5, 5.41) is -0.484. The molecule has 0 spiro atoms. The summed E-state index contributed by atoms with van der Waals surface area (Å²) in [6.45, 7) is 0.0908. The van der Waals surface area contributed by atoms with Crippen LogP contribution < -0.4 is 10.5 Å². The summed E-state index contributed by atoms with van der Waals surface area (Å²) < 4.78 is 78.4. The summed E-state index contributed by atoms with van der Waals surface area (Å²) in [5.41, 5.74) is 3.96. The fourth-order valence-corrected chi connectivity index (χ4v) is 4.66. The molecule has 2 rings (SSSR count). The van der Waals surface area contributed by atoms with E-state index in [2.05, 4.69) is 4.72 Å². The molecule has 0 saturated carbocycles. The number of anilines is 1. The molecular weight excluding hydrogens is 448 g/mol. The molecule has 0 fully saturated rings. The molecule has 27 heavy (non-hydrogen) atoms. The van der Waals surface area contributed by atoms with Gasteiger partial charge in [-0.2, -0.15) is 13.2 Å². The Hall–Kier alpha value is -1.17. The van der Waals surface area contributed by atoms with Crippen LogP contribution in [0.15, 0.2) is 46.2 Å². The number of sulfonamides is 1. The van der Waals surface area contributed by atoms with Crippen LogP contribution >= 0.6 is 23.2 Å². The minimum atomic E-state index is -4.83. The Morgan fingerprint density at radius 1 is 1.15 bits per heavy atom. The van der Waals surface area contributed by atoms with E-state index in [0.717, 1.165) is 12.1 Å². The van der Waals surface area contributed by atoms with Crippen molar-refractivity contribution in [3.63, 3.8) is 0 Å². The number of hydrogen-bond acceptors (Lipinski definition) is 4. The lowest BCUT2D eigenvalue weighted by Crippen LogP contribution is -2.20. The molecule has 0 bridgehead atoms. The number of halogens is 5. The van der Waals surface area contributed by atoms with Crippen LogP contribution in [0.1, 0.15) is 5.56 Å². The molecular formula is C15H13Cl2F3N2O3S2. The van der Waals surface area contributed by atoms with Crippen LogP contribution in [0.3, 0.4) is 0 Å². The van der Waals surface area contributed by atoms with Crippen molar-refractivity contribution in [2.24, 2.45) is 5.73 Å². The molecule has 12 heteroatoms. The molecule has 3 N–H and O–H groups in total. The third-order valence-electron chi connectivity index (χ3n) is 3.29. The predicted molar refractivity (Wildman–Crippen MR) is 99.0 cm³/mol. The Labute approximate surface area is 166 Å². The molecule has 148 valence electrons. The van der Waals surface area contributed by atoms with E-state index in [-0.39, 0.29) is 27.9 Å². The largest absolute Gasteiger partial charge is 0.611 e. The molecule has 0 saturated heterocycles. The third-order valence-corrected chi connectivity index (χ3v) is 6.67. The van der Waals surface area contributed by atoms with E-state index in [1.54, 1.807) is 0 Å². The first kappa shape index (κ1) is 22.1. The molecule has 2 aromatic carbocycles. The molecule has 0 heterocycles. The Morgan fingerprint density at radius 2 is 1.81 bits per heavy atom. The van der Waals surface area contributed by atoms with Gasteiger partial charge >= 0.3 is 6.18 Å². The van der Waals surface area contributed by atoms with Crippen molar-refractivity contribution in [3.05, 3.63) is 52.0 Å². The van der Waals surface area contributed by atoms with E-state index in [1.807, 2.05) is 0 Å². The van der Waals surface area contributed by atoms with Gasteiger partial charge in [0.05, 0.1) is 15.5 Å². The quantitative estimate of drug-likeness (QED) is 0.639. The van der Waals surface area contributed by atoms with Crippen molar-refractivity contribution in [1.29, 1.82) is 0 Å². The fraction of sp³-hybridized carbons (Fsp3) is 0.200. The zero-order valence-electron chi connectivity index (χ0n) is 13.4. The van der Waals surface area contributed by atoms with Crippen LogP contribution in [0.4, 0.5) is 18.9 Å². The van der Waals surface area contributed by atoms with Crippen molar-refractivity contribution in [2.75, 3.05) is 17.0 Å². The van der Waals surface area contributed by atoms with Crippen LogP contribution in [-0.4, -0.2) is 25.3 Å². The number of benzene rings is 2. The normalized spacial score (nSPS) is 13.4. The van der Waals surface area contributed by atoms with Gasteiger partial charge in [-0.3, -0.25) is 4.72 Å². The van der Waals surface area contributed by atoms with Crippen LogP contribution in [0, 0.1) is 0 Å². The molecule has 0 aromatic heterocycles. The summed E-state index contributed by atoms with van der Waals surface area (Å²) in [6, 6.07) is 6.17. The predicted octanol–water partition coefficient (Wildman–Crippen LogP) is 3.88. The molecule has 0 aliphatic carbocycles. The standard InChI is InChI=1S/C15H13Cl2F3N2O3S2/c16-9-1-4-14(26(23)6-5-21)13(7-9)22-27(24,25)10-2-3-12(17)11(8-10)15(18,19)20/h1-4,7-8,22H,5-6,21H2. The Kier molecular flexibility index (Phi) is 6.93. The van der Waals surface area contributed by atoms with E-state index in [4.69, 9.17) is 28.9 Å². The number of nitrogens with one attached hydrogen (secondary N) is 1. The van der Waals surface area contributed by atoms with Crippen LogP contribution in [-0.2, 0) is 27.4 Å². The van der Waals surface area contributed by atoms with E-state index in [0.29, 0.717) is 6.07 Å². The van der Waals surface area contributed by atoms with Gasteiger partial charge in [0, 0.05) is 11.6 Å². The molecule has 2 aromatic rings. The first-order valence-corrected chi connectivity index (χ1v) is 10.8. The average Bonchev–Trinajstić information content (AvgIpc) is 2.53. The zero-order chi connectivity index (χ0) is 20.4. The van der Waals surface area contributed by atoms with Crippen LogP contribution in [0.2, 0.25) is 10.0 Å². The minimum absolute atomic E-state index is 0.0650. The van der Waals surface area contributed by atoms with Gasteiger partial charge in [-0.15, -0.1) is 0 Å². The first-order valence-electron chi connectivity index (χ1n) is 7.23. The lowest BCUT2D eigenvalue weighted by Gasteiger charge is -2.16. The Balaban J connectivity index is 2.47. The average molecular weight is 461 g/mol.